The summed E-state index contributed by atoms with van der Waals surface area (Å²) in [5, 5.41) is 34.6. The number of hydrogen-bond acceptors (Lipinski definition) is 17. The predicted octanol–water partition coefficient (Wildman–Crippen LogP) is 10.8. The van der Waals surface area contributed by atoms with E-state index in [1.54, 1.807) is 114 Å². The van der Waals surface area contributed by atoms with Crippen LogP contribution in [0, 0.1) is 47.4 Å². The van der Waals surface area contributed by atoms with Crippen LogP contribution in [0.2, 0.25) is 0 Å². The maximum atomic E-state index is 12.9. The van der Waals surface area contributed by atoms with E-state index in [9.17, 15) is 38.4 Å². The molecule has 560 valence electrons. The fraction of sp³-hybridized carbons (Fsp3) is 0.253. The maximum absolute atomic E-state index is 12.9. The zero-order valence-electron chi connectivity index (χ0n) is 59.7. The molecule has 4 saturated carbocycles. The highest BCUT2D eigenvalue weighted by molar-refractivity contribution is 9.10. The number of carbonyl (C=O) groups excluding carboxylic acids is 7. The number of carbonyl (C=O) groups is 8. The Labute approximate surface area is 650 Å². The fourth-order valence-corrected chi connectivity index (χ4v) is 13.9. The van der Waals surface area contributed by atoms with Crippen LogP contribution in [0.15, 0.2) is 154 Å². The highest BCUT2D eigenvalue weighted by atomic mass is 79.9. The standard InChI is InChI=1S/C28H28N6O4.C23H20N6O2.C19H14BrN5O2.C9H9NO2.2ClH/c1-28(2,3)38-27(37)34(4)10-6-8-22-21-15-30-33-26(36)20-11-17(12-23(32-22)24(20)21)31-25(35)19-13-18(19)16-7-5-9-29-14-16;1-24-6-3-5-19-18-12-26-29-23(31)17-8-14(9-20(28-19)21(17)18)27-22(30)16-10-15(16)13-4-2-7-25-11-13;20-17-14-8-22-25-19(27)13-4-10(5-15(24-17)16(13)14)23-18(26)12-6-11(12)9-2-1-3-21-7-9;11-9(12)8-4-7(8)6-2-1-3-10-5-6;;/h5,7,9,11-12,14-15,18-19,32H,10,13H2,1-4H3,(H,31,35)(H,33,36);2,4,7-9,11-12,15-16,24,28H,6,10H2,1H3,(H,27,30)(H,29,31);1-5,7-8,11-12,24H,6H2,(H,23,26)(H,25,27);1-3,5,7-8H,4H2,(H,11,12);2*1H. The Morgan fingerprint density at radius 2 is 0.891 bits per heavy atom. The second kappa shape index (κ2) is 33.0. The van der Waals surface area contributed by atoms with Gasteiger partial charge < -0.3 is 51.0 Å². The van der Waals surface area contributed by atoms with Crippen molar-refractivity contribution in [1.82, 2.24) is 61.4 Å². The van der Waals surface area contributed by atoms with Crippen molar-refractivity contribution in [2.45, 2.75) is 75.7 Å². The first kappa shape index (κ1) is 77.2. The van der Waals surface area contributed by atoms with Gasteiger partial charge in [-0.25, -0.2) is 21.1 Å². The van der Waals surface area contributed by atoms with E-state index in [2.05, 4.69) is 127 Å². The Morgan fingerprint density at radius 3 is 1.25 bits per heavy atom. The number of hydrazone groups is 3. The molecule has 10 aromatic rings. The molecule has 4 fully saturated rings. The summed E-state index contributed by atoms with van der Waals surface area (Å²) in [6, 6.07) is 25.8. The van der Waals surface area contributed by atoms with Gasteiger partial charge >= 0.3 is 12.1 Å². The molecule has 7 aromatic heterocycles. The number of H-pyrrole nitrogens is 3. The second-order valence-corrected chi connectivity index (χ2v) is 28.6. The molecule has 17 rings (SSSR count). The lowest BCUT2D eigenvalue weighted by Crippen LogP contribution is -2.34. The molecule has 0 spiro atoms. The molecule has 11 N–H and O–H groups in total. The molecule has 0 bridgehead atoms. The molecule has 7 amide bonds. The van der Waals surface area contributed by atoms with Gasteiger partial charge in [0, 0.05) is 141 Å². The number of carboxylic acids is 1. The van der Waals surface area contributed by atoms with Crippen molar-refractivity contribution in [3.05, 3.63) is 206 Å². The van der Waals surface area contributed by atoms with Crippen LogP contribution in [0.1, 0.15) is 152 Å². The van der Waals surface area contributed by atoms with Gasteiger partial charge in [-0.05, 0) is 188 Å². The Morgan fingerprint density at radius 1 is 0.536 bits per heavy atom. The van der Waals surface area contributed by atoms with Gasteiger partial charge in [0.2, 0.25) is 17.7 Å². The Hall–Kier alpha value is -12.4. The number of halogens is 3. The number of amides is 7. The number of aromatic nitrogens is 7. The van der Waals surface area contributed by atoms with Crippen LogP contribution in [0.3, 0.4) is 0 Å². The molecule has 28 nitrogen and oxygen atoms in total. The average Bonchev–Trinajstić information content (AvgIpc) is 1.63. The van der Waals surface area contributed by atoms with E-state index in [1.165, 1.54) is 11.1 Å². The van der Waals surface area contributed by atoms with Crippen LogP contribution in [0.5, 0.6) is 0 Å². The molecule has 3 aliphatic heterocycles. The van der Waals surface area contributed by atoms with Crippen molar-refractivity contribution in [3.8, 4) is 23.7 Å². The van der Waals surface area contributed by atoms with Crippen LogP contribution in [-0.2, 0) is 23.9 Å². The molecule has 110 heavy (non-hydrogen) atoms. The van der Waals surface area contributed by atoms with Crippen LogP contribution < -0.4 is 37.5 Å². The molecule has 7 aliphatic rings. The number of pyridine rings is 4. The second-order valence-electron chi connectivity index (χ2n) is 27.8. The van der Waals surface area contributed by atoms with E-state index < -0.39 is 17.7 Å². The van der Waals surface area contributed by atoms with Gasteiger partial charge in [-0.1, -0.05) is 36.1 Å². The quantitative estimate of drug-likeness (QED) is 0.0478. The normalized spacial score (nSPS) is 19.2. The number of nitrogens with one attached hydrogen (secondary N) is 10. The SMILES string of the molecule is CN(CC#Cc1[nH]c2cc(NC(=O)C3CC3c3cccnc3)cc3c2c1C=NNC3=O)C(=O)OC(C)(C)C.CNCC#Cc1[nH]c2cc(NC(=O)C3CC3c3cccnc3)cc3c2c1C=NNC3=O.Cl.Cl.O=C(O)C1CC1c1cccnc1.O=C1NN=Cc2c(Br)[nH]c3cc(NC(=O)C4CC4c4cccnc4)cc1c23. The zero-order chi connectivity index (χ0) is 75.5. The van der Waals surface area contributed by atoms with E-state index >= 15 is 0 Å². The molecule has 31 heteroatoms. The Balaban J connectivity index is 0.000000143. The van der Waals surface area contributed by atoms with E-state index in [1.807, 2.05) is 67.7 Å². The maximum Gasteiger partial charge on any atom is 0.410 e. The smallest absolute Gasteiger partial charge is 0.410 e. The molecule has 3 aromatic carbocycles. The fourth-order valence-electron chi connectivity index (χ4n) is 13.4. The molecule has 0 radical (unpaired) electrons. The minimum Gasteiger partial charge on any atom is -0.481 e. The number of aromatic amines is 3. The summed E-state index contributed by atoms with van der Waals surface area (Å²) in [6.07, 6.45) is 21.4. The summed E-state index contributed by atoms with van der Waals surface area (Å²) in [4.78, 5) is 126. The summed E-state index contributed by atoms with van der Waals surface area (Å²) >= 11 is 3.46. The van der Waals surface area contributed by atoms with Crippen LogP contribution in [0.25, 0.3) is 32.7 Å². The first-order chi connectivity index (χ1) is 52.2. The van der Waals surface area contributed by atoms with Crippen molar-refractivity contribution in [3.63, 3.8) is 0 Å². The number of anilines is 3. The third kappa shape index (κ3) is 17.4. The van der Waals surface area contributed by atoms with Gasteiger partial charge in [0.25, 0.3) is 17.7 Å². The number of hydrogen-bond donors (Lipinski definition) is 11. The van der Waals surface area contributed by atoms with Crippen LogP contribution in [-0.4, -0.2) is 144 Å². The molecular weight excluding hydrogens is 1510 g/mol. The van der Waals surface area contributed by atoms with Gasteiger partial charge in [-0.2, -0.15) is 15.3 Å². The first-order valence-corrected chi connectivity index (χ1v) is 35.5. The first-order valence-electron chi connectivity index (χ1n) is 34.7. The molecule has 10 heterocycles. The number of rotatable bonds is 13. The minimum atomic E-state index is -0.691. The average molecular weight is 1590 g/mol. The van der Waals surface area contributed by atoms with E-state index in [0.29, 0.717) is 68.2 Å². The summed E-state index contributed by atoms with van der Waals surface area (Å²) in [5.41, 5.74) is 19.6. The molecule has 8 atom stereocenters. The molecule has 8 unspecified atom stereocenters. The van der Waals surface area contributed by atoms with Crippen molar-refractivity contribution in [2.24, 2.45) is 39.0 Å². The lowest BCUT2D eigenvalue weighted by Gasteiger charge is -2.23. The summed E-state index contributed by atoms with van der Waals surface area (Å²) in [7, 11) is 3.43. The monoisotopic (exact) mass is 1580 g/mol. The van der Waals surface area contributed by atoms with E-state index in [0.717, 1.165) is 85.5 Å². The van der Waals surface area contributed by atoms with Gasteiger partial charge in [0.1, 0.15) is 5.60 Å². The molecule has 0 saturated heterocycles. The zero-order valence-corrected chi connectivity index (χ0v) is 62.9. The largest absolute Gasteiger partial charge is 0.481 e. The third-order valence-electron chi connectivity index (χ3n) is 19.0. The van der Waals surface area contributed by atoms with E-state index in [-0.39, 0.29) is 114 Å². The topological polar surface area (TPSA) is 389 Å². The number of aliphatic carboxylic acids is 1. The summed E-state index contributed by atoms with van der Waals surface area (Å²) in [5.74, 6) is 10.4. The number of ether oxygens (including phenoxy) is 1. The highest BCUT2D eigenvalue weighted by Gasteiger charge is 2.47. The highest BCUT2D eigenvalue weighted by Crippen LogP contribution is 2.51. The Kier molecular flexibility index (Phi) is 23.1. The molecule has 4 aliphatic carbocycles. The number of benzene rings is 3. The number of nitrogens with zero attached hydrogens (tertiary/aromatic N) is 8. The van der Waals surface area contributed by atoms with Crippen LogP contribution >= 0.6 is 40.7 Å². The van der Waals surface area contributed by atoms with Crippen molar-refractivity contribution < 1.29 is 48.2 Å². The van der Waals surface area contributed by atoms with Gasteiger partial charge in [0.05, 0.1) is 70.3 Å². The van der Waals surface area contributed by atoms with Gasteiger partial charge in [-0.15, -0.1) is 24.8 Å². The summed E-state index contributed by atoms with van der Waals surface area (Å²) < 4.78 is 6.09. The van der Waals surface area contributed by atoms with Gasteiger partial charge in [0.15, 0.2) is 0 Å². The lowest BCUT2D eigenvalue weighted by molar-refractivity contribution is -0.138. The van der Waals surface area contributed by atoms with Gasteiger partial charge in [-0.3, -0.25) is 53.5 Å². The molecular formula is C79H73BrCl2N18O10. The van der Waals surface area contributed by atoms with Crippen LogP contribution in [0.4, 0.5) is 21.9 Å². The van der Waals surface area contributed by atoms with Crippen molar-refractivity contribution in [2.75, 3.05) is 43.1 Å². The van der Waals surface area contributed by atoms with E-state index in [4.69, 9.17) is 9.84 Å². The van der Waals surface area contributed by atoms with Crippen molar-refractivity contribution >= 4 is 157 Å². The number of carboxylic acid groups (broad SMARTS) is 1. The predicted molar refractivity (Wildman–Crippen MR) is 423 cm³/mol. The lowest BCUT2D eigenvalue weighted by atomic mass is 10.0. The minimum absolute atomic E-state index is 0. The Bertz CT molecular complexity index is 5510. The summed E-state index contributed by atoms with van der Waals surface area (Å²) in [6.45, 7) is 6.09. The third-order valence-corrected chi connectivity index (χ3v) is 19.7. The van der Waals surface area contributed by atoms with Crippen molar-refractivity contribution in [1.29, 1.82) is 0 Å².